The van der Waals surface area contributed by atoms with Crippen molar-refractivity contribution in [2.45, 2.75) is 38.1 Å². The predicted molar refractivity (Wildman–Crippen MR) is 125 cm³/mol. The Morgan fingerprint density at radius 3 is 2.53 bits per heavy atom. The van der Waals surface area contributed by atoms with Gasteiger partial charge in [-0.15, -0.1) is 10.2 Å². The smallest absolute Gasteiger partial charge is 0.328 e. The summed E-state index contributed by atoms with van der Waals surface area (Å²) < 4.78 is 33.8. The molecule has 0 radical (unpaired) electrons. The van der Waals surface area contributed by atoms with Crippen LogP contribution in [0.5, 0.6) is 11.5 Å². The molecule has 0 saturated heterocycles. The third-order valence-corrected chi connectivity index (χ3v) is 6.83. The molecule has 2 heterocycles. The molecular weight excluding hydrogens is 439 g/mol. The quantitative estimate of drug-likeness (QED) is 0.415. The summed E-state index contributed by atoms with van der Waals surface area (Å²) in [5.41, 5.74) is 2.30. The van der Waals surface area contributed by atoms with Gasteiger partial charge in [-0.2, -0.15) is 0 Å². The largest absolute Gasteiger partial charge is 0.497 e. The first-order valence-corrected chi connectivity index (χ1v) is 11.4. The van der Waals surface area contributed by atoms with Crippen molar-refractivity contribution < 1.29 is 18.3 Å². The van der Waals surface area contributed by atoms with E-state index in [-0.39, 0.29) is 17.4 Å². The van der Waals surface area contributed by atoms with Gasteiger partial charge < -0.3 is 13.9 Å². The maximum Gasteiger partial charge on any atom is 0.328 e. The van der Waals surface area contributed by atoms with Crippen molar-refractivity contribution >= 4 is 11.0 Å². The SMILES string of the molecule is COc1ccc2c(c1)n(CC1CCC(c3nnc(-c4ccc(OC)c(F)c4)o3)CC1)c(=O)n2C. The van der Waals surface area contributed by atoms with Crippen LogP contribution in [0, 0.1) is 11.7 Å². The number of fused-ring (bicyclic) bond motifs is 1. The summed E-state index contributed by atoms with van der Waals surface area (Å²) in [6.45, 7) is 0.663. The van der Waals surface area contributed by atoms with E-state index in [2.05, 4.69) is 10.2 Å². The van der Waals surface area contributed by atoms with Crippen LogP contribution in [0.2, 0.25) is 0 Å². The molecule has 1 aliphatic rings. The Kier molecular flexibility index (Phi) is 5.85. The second kappa shape index (κ2) is 8.96. The zero-order valence-corrected chi connectivity index (χ0v) is 19.5. The minimum Gasteiger partial charge on any atom is -0.497 e. The first-order chi connectivity index (χ1) is 16.5. The molecule has 4 aromatic rings. The van der Waals surface area contributed by atoms with E-state index in [4.69, 9.17) is 13.9 Å². The lowest BCUT2D eigenvalue weighted by molar-refractivity contribution is 0.270. The molecule has 34 heavy (non-hydrogen) atoms. The highest BCUT2D eigenvalue weighted by Crippen LogP contribution is 2.37. The summed E-state index contributed by atoms with van der Waals surface area (Å²) in [6.07, 6.45) is 3.69. The maximum absolute atomic E-state index is 14.0. The molecule has 178 valence electrons. The average molecular weight is 467 g/mol. The number of benzene rings is 2. The minimum atomic E-state index is -0.471. The van der Waals surface area contributed by atoms with Crippen LogP contribution in [0.25, 0.3) is 22.5 Å². The average Bonchev–Trinajstić information content (AvgIpc) is 3.44. The third-order valence-electron chi connectivity index (χ3n) is 6.83. The third kappa shape index (κ3) is 3.95. The molecule has 0 N–H and O–H groups in total. The molecule has 5 rings (SSSR count). The lowest BCUT2D eigenvalue weighted by Crippen LogP contribution is -2.27. The summed E-state index contributed by atoms with van der Waals surface area (Å²) in [6, 6.07) is 10.3. The summed E-state index contributed by atoms with van der Waals surface area (Å²) in [5, 5.41) is 8.36. The predicted octanol–water partition coefficient (Wildman–Crippen LogP) is 4.52. The number of aromatic nitrogens is 4. The highest BCUT2D eigenvalue weighted by molar-refractivity contribution is 5.77. The molecule has 2 aromatic carbocycles. The number of nitrogens with zero attached hydrogens (tertiary/aromatic N) is 4. The number of rotatable bonds is 6. The summed E-state index contributed by atoms with van der Waals surface area (Å²) in [4.78, 5) is 12.9. The van der Waals surface area contributed by atoms with Gasteiger partial charge in [0.25, 0.3) is 0 Å². The van der Waals surface area contributed by atoms with Crippen LogP contribution in [-0.4, -0.2) is 33.6 Å². The molecule has 8 nitrogen and oxygen atoms in total. The van der Waals surface area contributed by atoms with E-state index in [9.17, 15) is 9.18 Å². The fourth-order valence-electron chi connectivity index (χ4n) is 4.86. The van der Waals surface area contributed by atoms with E-state index >= 15 is 0 Å². The van der Waals surface area contributed by atoms with Gasteiger partial charge in [0.2, 0.25) is 11.8 Å². The zero-order valence-electron chi connectivity index (χ0n) is 19.5. The second-order valence-electron chi connectivity index (χ2n) is 8.82. The number of hydrogen-bond donors (Lipinski definition) is 0. The summed E-state index contributed by atoms with van der Waals surface area (Å²) >= 11 is 0. The number of methoxy groups -OCH3 is 2. The molecule has 0 amide bonds. The Balaban J connectivity index is 1.28. The van der Waals surface area contributed by atoms with Crippen LogP contribution < -0.4 is 15.2 Å². The maximum atomic E-state index is 14.0. The molecule has 1 aliphatic carbocycles. The zero-order chi connectivity index (χ0) is 23.8. The van der Waals surface area contributed by atoms with Gasteiger partial charge in [-0.3, -0.25) is 9.13 Å². The van der Waals surface area contributed by atoms with Gasteiger partial charge in [-0.25, -0.2) is 9.18 Å². The number of imidazole rings is 1. The summed E-state index contributed by atoms with van der Waals surface area (Å²) in [7, 11) is 4.85. The van der Waals surface area contributed by atoms with E-state index in [0.29, 0.717) is 29.8 Å². The molecule has 0 aliphatic heterocycles. The van der Waals surface area contributed by atoms with Crippen molar-refractivity contribution in [3.8, 4) is 23.0 Å². The molecule has 1 saturated carbocycles. The minimum absolute atomic E-state index is 0.0151. The highest BCUT2D eigenvalue weighted by atomic mass is 19.1. The van der Waals surface area contributed by atoms with Crippen LogP contribution in [-0.2, 0) is 13.6 Å². The topological polar surface area (TPSA) is 84.3 Å². The van der Waals surface area contributed by atoms with Gasteiger partial charge in [0, 0.05) is 31.1 Å². The number of halogens is 1. The first-order valence-electron chi connectivity index (χ1n) is 11.4. The Labute approximate surface area is 195 Å². The van der Waals surface area contributed by atoms with Gasteiger partial charge in [-0.1, -0.05) is 0 Å². The molecule has 2 aromatic heterocycles. The Morgan fingerprint density at radius 1 is 1.03 bits per heavy atom. The molecule has 9 heteroatoms. The summed E-state index contributed by atoms with van der Waals surface area (Å²) in [5.74, 6) is 1.85. The van der Waals surface area contributed by atoms with E-state index in [0.717, 1.165) is 42.5 Å². The van der Waals surface area contributed by atoms with Gasteiger partial charge in [-0.05, 0) is 61.9 Å². The lowest BCUT2D eigenvalue weighted by atomic mass is 9.82. The van der Waals surface area contributed by atoms with Gasteiger partial charge in [0.15, 0.2) is 11.6 Å². The van der Waals surface area contributed by atoms with E-state index in [1.807, 2.05) is 22.8 Å². The Hall–Kier alpha value is -3.62. The van der Waals surface area contributed by atoms with Gasteiger partial charge in [0.1, 0.15) is 5.75 Å². The first kappa shape index (κ1) is 22.2. The van der Waals surface area contributed by atoms with Crippen molar-refractivity contribution in [1.82, 2.24) is 19.3 Å². The molecule has 0 spiro atoms. The van der Waals surface area contributed by atoms with Crippen LogP contribution in [0.4, 0.5) is 4.39 Å². The van der Waals surface area contributed by atoms with Crippen molar-refractivity contribution in [3.05, 3.63) is 58.6 Å². The standard InChI is InChI=1S/C25H27FN4O4/c1-29-20-10-9-18(32-2)13-21(20)30(25(29)31)14-15-4-6-16(7-5-15)23-27-28-24(34-23)17-8-11-22(33-3)19(26)12-17/h8-13,15-16H,4-7,14H2,1-3H3. The van der Waals surface area contributed by atoms with Crippen molar-refractivity contribution in [3.63, 3.8) is 0 Å². The van der Waals surface area contributed by atoms with Crippen molar-refractivity contribution in [1.29, 1.82) is 0 Å². The second-order valence-corrected chi connectivity index (χ2v) is 8.82. The van der Waals surface area contributed by atoms with Crippen molar-refractivity contribution in [2.24, 2.45) is 13.0 Å². The van der Waals surface area contributed by atoms with Crippen LogP contribution in [0.15, 0.2) is 45.6 Å². The number of ether oxygens (including phenoxy) is 2. The van der Waals surface area contributed by atoms with E-state index < -0.39 is 5.82 Å². The van der Waals surface area contributed by atoms with Gasteiger partial charge >= 0.3 is 5.69 Å². The normalized spacial score (nSPS) is 18.4. The van der Waals surface area contributed by atoms with E-state index in [1.165, 1.54) is 13.2 Å². The van der Waals surface area contributed by atoms with E-state index in [1.54, 1.807) is 30.9 Å². The fraction of sp³-hybridized carbons (Fsp3) is 0.400. The molecule has 0 atom stereocenters. The monoisotopic (exact) mass is 466 g/mol. The van der Waals surface area contributed by atoms with Crippen LogP contribution in [0.1, 0.15) is 37.5 Å². The number of hydrogen-bond acceptors (Lipinski definition) is 6. The van der Waals surface area contributed by atoms with Crippen molar-refractivity contribution in [2.75, 3.05) is 14.2 Å². The highest BCUT2D eigenvalue weighted by Gasteiger charge is 2.28. The molecule has 0 unspecified atom stereocenters. The molecule has 0 bridgehead atoms. The molecule has 1 fully saturated rings. The number of aryl methyl sites for hydroxylation is 1. The Morgan fingerprint density at radius 2 is 1.82 bits per heavy atom. The van der Waals surface area contributed by atoms with Gasteiger partial charge in [0.05, 0.1) is 25.3 Å². The molecular formula is C25H27FN4O4. The lowest BCUT2D eigenvalue weighted by Gasteiger charge is -2.26. The fourth-order valence-corrected chi connectivity index (χ4v) is 4.86. The van der Waals surface area contributed by atoms with Crippen LogP contribution in [0.3, 0.4) is 0 Å². The van der Waals surface area contributed by atoms with Crippen LogP contribution >= 0.6 is 0 Å². The Bertz CT molecular complexity index is 1380.